The number of nitrogens with zero attached hydrogens (tertiary/aromatic N) is 1. The smallest absolute Gasteiger partial charge is 0.270 e. The van der Waals surface area contributed by atoms with Crippen LogP contribution in [-0.2, 0) is 4.79 Å². The fourth-order valence-electron chi connectivity index (χ4n) is 3.17. The van der Waals surface area contributed by atoms with Crippen LogP contribution in [-0.4, -0.2) is 24.0 Å². The van der Waals surface area contributed by atoms with Gasteiger partial charge < -0.3 is 10.1 Å². The Balaban J connectivity index is 1.73. The minimum absolute atomic E-state index is 0.0246. The molecule has 0 heterocycles. The third-order valence-corrected chi connectivity index (χ3v) is 4.70. The van der Waals surface area contributed by atoms with E-state index >= 15 is 0 Å². The Morgan fingerprint density at radius 3 is 2.52 bits per heavy atom. The summed E-state index contributed by atoms with van der Waals surface area (Å²) in [6.45, 7) is 4.66. The number of carbonyl (C=O) groups excluding carboxylic acids is 1. The van der Waals surface area contributed by atoms with Crippen LogP contribution in [0, 0.1) is 24.0 Å². The third kappa shape index (κ3) is 6.02. The summed E-state index contributed by atoms with van der Waals surface area (Å²) in [5.74, 6) is 0.511. The Bertz CT molecular complexity index is 1110. The number of nitro groups is 1. The first-order chi connectivity index (χ1) is 14.9. The number of benzene rings is 3. The van der Waals surface area contributed by atoms with Crippen molar-refractivity contribution in [3.8, 4) is 5.75 Å². The maximum Gasteiger partial charge on any atom is 0.270 e. The summed E-state index contributed by atoms with van der Waals surface area (Å²) in [7, 11) is 0. The molecule has 0 fully saturated rings. The predicted molar refractivity (Wildman–Crippen MR) is 122 cm³/mol. The number of non-ortho nitro benzene ring substituents is 1. The molecule has 0 aliphatic rings. The quantitative estimate of drug-likeness (QED) is 0.185. The second-order valence-electron chi connectivity index (χ2n) is 7.15. The van der Waals surface area contributed by atoms with E-state index in [4.69, 9.17) is 4.74 Å². The molecule has 0 atom stereocenters. The number of amides is 1. The second kappa shape index (κ2) is 10.2. The Kier molecular flexibility index (Phi) is 7.17. The molecule has 0 unspecified atom stereocenters. The first kappa shape index (κ1) is 21.8. The lowest BCUT2D eigenvalue weighted by molar-refractivity contribution is -0.384. The van der Waals surface area contributed by atoms with Gasteiger partial charge >= 0.3 is 0 Å². The van der Waals surface area contributed by atoms with Gasteiger partial charge in [-0.3, -0.25) is 14.9 Å². The highest BCUT2D eigenvalue weighted by Gasteiger charge is 2.13. The number of hydrogen-bond acceptors (Lipinski definition) is 4. The average Bonchev–Trinajstić information content (AvgIpc) is 2.77. The van der Waals surface area contributed by atoms with Crippen molar-refractivity contribution >= 4 is 23.2 Å². The van der Waals surface area contributed by atoms with Gasteiger partial charge in [0.15, 0.2) is 0 Å². The van der Waals surface area contributed by atoms with Gasteiger partial charge in [0, 0.05) is 17.7 Å². The molecule has 6 nitrogen and oxygen atoms in total. The number of hydrogen-bond donors (Lipinski definition) is 1. The normalized spacial score (nSPS) is 11.1. The molecule has 0 aliphatic carbocycles. The minimum Gasteiger partial charge on any atom is -0.491 e. The number of aryl methyl sites for hydroxylation is 2. The van der Waals surface area contributed by atoms with Crippen LogP contribution < -0.4 is 10.1 Å². The van der Waals surface area contributed by atoms with Crippen molar-refractivity contribution in [1.82, 2.24) is 5.32 Å². The van der Waals surface area contributed by atoms with E-state index in [0.29, 0.717) is 24.3 Å². The van der Waals surface area contributed by atoms with Gasteiger partial charge in [-0.1, -0.05) is 60.2 Å². The average molecular weight is 416 g/mol. The SMILES string of the molecule is Cc1ccc(OCCNC(=O)/C(=C/c2cccc([N+](=O)[O-])c2)c2ccccc2)c(C)c1. The zero-order chi connectivity index (χ0) is 22.2. The van der Waals surface area contributed by atoms with Crippen molar-refractivity contribution in [1.29, 1.82) is 0 Å². The van der Waals surface area contributed by atoms with Gasteiger partial charge in [0.25, 0.3) is 11.6 Å². The first-order valence-corrected chi connectivity index (χ1v) is 9.94. The molecule has 6 heteroatoms. The highest BCUT2D eigenvalue weighted by molar-refractivity contribution is 6.24. The zero-order valence-electron chi connectivity index (χ0n) is 17.5. The van der Waals surface area contributed by atoms with Crippen LogP contribution in [0.5, 0.6) is 5.75 Å². The summed E-state index contributed by atoms with van der Waals surface area (Å²) in [6.07, 6.45) is 1.66. The zero-order valence-corrected chi connectivity index (χ0v) is 17.5. The van der Waals surface area contributed by atoms with E-state index in [0.717, 1.165) is 22.4 Å². The van der Waals surface area contributed by atoms with E-state index in [1.807, 2.05) is 62.4 Å². The van der Waals surface area contributed by atoms with Crippen molar-refractivity contribution in [2.24, 2.45) is 0 Å². The first-order valence-electron chi connectivity index (χ1n) is 9.94. The molecule has 0 spiro atoms. The number of nitrogens with one attached hydrogen (secondary N) is 1. The van der Waals surface area contributed by atoms with E-state index in [1.165, 1.54) is 12.1 Å². The van der Waals surface area contributed by atoms with Crippen LogP contribution in [0.1, 0.15) is 22.3 Å². The molecule has 3 aromatic rings. The van der Waals surface area contributed by atoms with E-state index in [-0.39, 0.29) is 11.6 Å². The molecule has 3 rings (SSSR count). The Hall–Kier alpha value is -3.93. The minimum atomic E-state index is -0.454. The molecule has 1 N–H and O–H groups in total. The van der Waals surface area contributed by atoms with Crippen LogP contribution in [0.2, 0.25) is 0 Å². The highest BCUT2D eigenvalue weighted by atomic mass is 16.6. The third-order valence-electron chi connectivity index (χ3n) is 4.70. The molecule has 0 aliphatic heterocycles. The predicted octanol–water partition coefficient (Wildman–Crippen LogP) is 4.95. The standard InChI is InChI=1S/C25H24N2O4/c1-18-11-12-24(19(2)15-18)31-14-13-26-25(28)23(21-8-4-3-5-9-21)17-20-7-6-10-22(16-20)27(29)30/h3-12,15-17H,13-14H2,1-2H3,(H,26,28)/b23-17+. The van der Waals surface area contributed by atoms with Crippen LogP contribution in [0.3, 0.4) is 0 Å². The molecule has 158 valence electrons. The van der Waals surface area contributed by atoms with Gasteiger partial charge in [0.05, 0.1) is 11.5 Å². The summed E-state index contributed by atoms with van der Waals surface area (Å²) >= 11 is 0. The fraction of sp³-hybridized carbons (Fsp3) is 0.160. The Labute approximate surface area is 181 Å². The lowest BCUT2D eigenvalue weighted by Gasteiger charge is -2.12. The van der Waals surface area contributed by atoms with E-state index < -0.39 is 4.92 Å². The summed E-state index contributed by atoms with van der Waals surface area (Å²) < 4.78 is 5.78. The van der Waals surface area contributed by atoms with Crippen molar-refractivity contribution in [2.45, 2.75) is 13.8 Å². The van der Waals surface area contributed by atoms with Gasteiger partial charge in [-0.05, 0) is 42.7 Å². The summed E-state index contributed by atoms with van der Waals surface area (Å²) in [4.78, 5) is 23.5. The molecule has 0 bridgehead atoms. The maximum absolute atomic E-state index is 12.9. The molecule has 31 heavy (non-hydrogen) atoms. The van der Waals surface area contributed by atoms with E-state index in [1.54, 1.807) is 18.2 Å². The second-order valence-corrected chi connectivity index (χ2v) is 7.15. The van der Waals surface area contributed by atoms with Gasteiger partial charge in [0.1, 0.15) is 12.4 Å². The number of nitro benzene ring substituents is 1. The monoisotopic (exact) mass is 416 g/mol. The Morgan fingerprint density at radius 1 is 1.03 bits per heavy atom. The lowest BCUT2D eigenvalue weighted by Crippen LogP contribution is -2.28. The fourth-order valence-corrected chi connectivity index (χ4v) is 3.17. The van der Waals surface area contributed by atoms with Gasteiger partial charge in [-0.25, -0.2) is 0 Å². The number of rotatable bonds is 8. The lowest BCUT2D eigenvalue weighted by atomic mass is 10.0. The van der Waals surface area contributed by atoms with Gasteiger partial charge in [-0.15, -0.1) is 0 Å². The molecule has 1 amide bonds. The summed E-state index contributed by atoms with van der Waals surface area (Å²) in [5, 5.41) is 13.9. The van der Waals surface area contributed by atoms with Crippen molar-refractivity contribution in [2.75, 3.05) is 13.2 Å². The largest absolute Gasteiger partial charge is 0.491 e. The van der Waals surface area contributed by atoms with E-state index in [2.05, 4.69) is 5.32 Å². The van der Waals surface area contributed by atoms with Gasteiger partial charge in [0.2, 0.25) is 0 Å². The Morgan fingerprint density at radius 2 is 1.81 bits per heavy atom. The number of ether oxygens (including phenoxy) is 1. The van der Waals surface area contributed by atoms with E-state index in [9.17, 15) is 14.9 Å². The molecule has 0 aromatic heterocycles. The van der Waals surface area contributed by atoms with Crippen LogP contribution in [0.15, 0.2) is 72.8 Å². The summed E-state index contributed by atoms with van der Waals surface area (Å²) in [5.41, 5.74) is 3.91. The van der Waals surface area contributed by atoms with Crippen molar-refractivity contribution < 1.29 is 14.5 Å². The maximum atomic E-state index is 12.9. The molecule has 0 saturated heterocycles. The van der Waals surface area contributed by atoms with Crippen LogP contribution in [0.4, 0.5) is 5.69 Å². The molecule has 3 aromatic carbocycles. The molecular formula is C25H24N2O4. The molecule has 0 saturated carbocycles. The topological polar surface area (TPSA) is 81.5 Å². The molecular weight excluding hydrogens is 392 g/mol. The van der Waals surface area contributed by atoms with Crippen LogP contribution in [0.25, 0.3) is 11.6 Å². The molecule has 0 radical (unpaired) electrons. The van der Waals surface area contributed by atoms with Crippen molar-refractivity contribution in [3.63, 3.8) is 0 Å². The highest BCUT2D eigenvalue weighted by Crippen LogP contribution is 2.22. The van der Waals surface area contributed by atoms with Crippen molar-refractivity contribution in [3.05, 3.63) is 105 Å². The van der Waals surface area contributed by atoms with Crippen LogP contribution >= 0.6 is 0 Å². The summed E-state index contributed by atoms with van der Waals surface area (Å²) in [6, 6.07) is 21.3. The number of carbonyl (C=O) groups is 1. The van der Waals surface area contributed by atoms with Gasteiger partial charge in [-0.2, -0.15) is 0 Å².